The third-order valence-electron chi connectivity index (χ3n) is 5.69. The third kappa shape index (κ3) is 4.73. The number of nitrogens with zero attached hydrogens (tertiary/aromatic N) is 7. The van der Waals surface area contributed by atoms with Crippen LogP contribution in [-0.2, 0) is 11.8 Å². The van der Waals surface area contributed by atoms with Gasteiger partial charge in [-0.1, -0.05) is 13.8 Å². The van der Waals surface area contributed by atoms with E-state index in [0.717, 1.165) is 18.7 Å². The van der Waals surface area contributed by atoms with Crippen molar-refractivity contribution in [2.24, 2.45) is 12.5 Å². The Balaban J connectivity index is 1.29. The van der Waals surface area contributed by atoms with Gasteiger partial charge in [-0.25, -0.2) is 9.50 Å². The van der Waals surface area contributed by atoms with Crippen molar-refractivity contribution in [1.29, 1.82) is 0 Å². The highest BCUT2D eigenvalue weighted by Gasteiger charge is 2.34. The summed E-state index contributed by atoms with van der Waals surface area (Å²) >= 11 is 0. The molecule has 2 N–H and O–H groups in total. The van der Waals surface area contributed by atoms with E-state index in [-0.39, 0.29) is 34.8 Å². The van der Waals surface area contributed by atoms with Crippen LogP contribution in [0.1, 0.15) is 24.2 Å². The molecule has 0 bridgehead atoms. The second-order valence-electron chi connectivity index (χ2n) is 9.44. The van der Waals surface area contributed by atoms with Crippen LogP contribution in [0, 0.1) is 11.4 Å². The number of aryl methyl sites for hydroxylation is 1. The van der Waals surface area contributed by atoms with Crippen molar-refractivity contribution >= 4 is 28.7 Å². The molecule has 0 aliphatic carbocycles. The molecule has 11 nitrogen and oxygen atoms in total. The standard InChI is InChI=1S/C23H24FN9O2/c1-23(2)12-32(13-23)11-20(34)29-15-4-17(21(24)26-6-15)30-22(35)16-7-28-33-10-18(25-8-19(16)33)14-5-27-31(3)9-14/h4-10H,11-13H2,1-3H3,(H,29,34)(H,30,35). The summed E-state index contributed by atoms with van der Waals surface area (Å²) in [5, 5.41) is 13.6. The molecule has 0 saturated carbocycles. The van der Waals surface area contributed by atoms with Crippen LogP contribution in [0.2, 0.25) is 0 Å². The lowest BCUT2D eigenvalue weighted by molar-refractivity contribution is -0.120. The van der Waals surface area contributed by atoms with Gasteiger partial charge in [-0.05, 0) is 11.5 Å². The smallest absolute Gasteiger partial charge is 0.259 e. The van der Waals surface area contributed by atoms with Crippen LogP contribution in [0.4, 0.5) is 15.8 Å². The van der Waals surface area contributed by atoms with Crippen molar-refractivity contribution < 1.29 is 14.0 Å². The maximum Gasteiger partial charge on any atom is 0.259 e. The van der Waals surface area contributed by atoms with Gasteiger partial charge in [0.2, 0.25) is 11.9 Å². The molecule has 0 aromatic carbocycles. The van der Waals surface area contributed by atoms with Gasteiger partial charge in [0, 0.05) is 31.9 Å². The molecule has 1 aliphatic rings. The zero-order chi connectivity index (χ0) is 24.7. The molecule has 180 valence electrons. The maximum absolute atomic E-state index is 14.3. The second kappa shape index (κ2) is 8.55. The zero-order valence-electron chi connectivity index (χ0n) is 19.5. The summed E-state index contributed by atoms with van der Waals surface area (Å²) in [4.78, 5) is 35.3. The number of fused-ring (bicyclic) bond motifs is 1. The van der Waals surface area contributed by atoms with Gasteiger partial charge in [-0.15, -0.1) is 0 Å². The van der Waals surface area contributed by atoms with Gasteiger partial charge in [0.15, 0.2) is 0 Å². The fourth-order valence-electron chi connectivity index (χ4n) is 4.23. The van der Waals surface area contributed by atoms with E-state index in [0.29, 0.717) is 11.2 Å². The minimum atomic E-state index is -0.866. The molecular weight excluding hydrogens is 453 g/mol. The summed E-state index contributed by atoms with van der Waals surface area (Å²) in [6.45, 7) is 6.18. The fourth-order valence-corrected chi connectivity index (χ4v) is 4.23. The van der Waals surface area contributed by atoms with Crippen molar-refractivity contribution in [3.8, 4) is 11.3 Å². The molecule has 4 aromatic heterocycles. The van der Waals surface area contributed by atoms with E-state index in [1.165, 1.54) is 29.2 Å². The van der Waals surface area contributed by atoms with E-state index in [1.807, 2.05) is 11.1 Å². The summed E-state index contributed by atoms with van der Waals surface area (Å²) in [7, 11) is 1.81. The number of carbonyl (C=O) groups is 2. The van der Waals surface area contributed by atoms with Gasteiger partial charge in [0.1, 0.15) is 0 Å². The molecule has 5 rings (SSSR count). The Morgan fingerprint density at radius 1 is 1.06 bits per heavy atom. The first-order chi connectivity index (χ1) is 16.7. The number of nitrogens with one attached hydrogen (secondary N) is 2. The maximum atomic E-state index is 14.3. The number of amides is 2. The van der Waals surface area contributed by atoms with Gasteiger partial charge in [0.05, 0.1) is 65.7 Å². The van der Waals surface area contributed by atoms with Gasteiger partial charge in [0.25, 0.3) is 5.91 Å². The number of aromatic nitrogens is 6. The van der Waals surface area contributed by atoms with Crippen molar-refractivity contribution in [1.82, 2.24) is 34.3 Å². The topological polar surface area (TPSA) is 122 Å². The number of likely N-dealkylation sites (tertiary alicyclic amines) is 1. The number of carbonyl (C=O) groups excluding carboxylic acids is 2. The molecule has 0 atom stereocenters. The monoisotopic (exact) mass is 477 g/mol. The molecule has 0 radical (unpaired) electrons. The van der Waals surface area contributed by atoms with Crippen molar-refractivity contribution in [3.05, 3.63) is 54.8 Å². The lowest BCUT2D eigenvalue weighted by Gasteiger charge is -2.45. The quantitative estimate of drug-likeness (QED) is 0.408. The zero-order valence-corrected chi connectivity index (χ0v) is 19.5. The van der Waals surface area contributed by atoms with Gasteiger partial charge in [-0.3, -0.25) is 24.2 Å². The number of hydrogen-bond donors (Lipinski definition) is 2. The van der Waals surface area contributed by atoms with Crippen molar-refractivity contribution in [2.75, 3.05) is 30.3 Å². The molecular formula is C23H24FN9O2. The largest absolute Gasteiger partial charge is 0.324 e. The van der Waals surface area contributed by atoms with E-state index in [4.69, 9.17) is 0 Å². The lowest BCUT2D eigenvalue weighted by atomic mass is 9.84. The van der Waals surface area contributed by atoms with Crippen LogP contribution in [0.5, 0.6) is 0 Å². The highest BCUT2D eigenvalue weighted by Crippen LogP contribution is 2.28. The van der Waals surface area contributed by atoms with Gasteiger partial charge in [-0.2, -0.15) is 14.6 Å². The molecule has 5 heterocycles. The Kier molecular flexibility index (Phi) is 5.52. The van der Waals surface area contributed by atoms with Crippen LogP contribution in [0.25, 0.3) is 16.8 Å². The minimum Gasteiger partial charge on any atom is -0.324 e. The highest BCUT2D eigenvalue weighted by atomic mass is 19.1. The average molecular weight is 478 g/mol. The summed E-state index contributed by atoms with van der Waals surface area (Å²) in [5.74, 6) is -1.68. The molecule has 2 amide bonds. The summed E-state index contributed by atoms with van der Waals surface area (Å²) in [5.41, 5.74) is 2.45. The Labute approximate surface area is 200 Å². The van der Waals surface area contributed by atoms with E-state index < -0.39 is 11.9 Å². The normalized spacial score (nSPS) is 15.1. The SMILES string of the molecule is Cn1cc(-c2cn3ncc(C(=O)Nc4cc(NC(=O)CN5CC(C)(C)C5)cnc4F)c3cn2)cn1. The lowest BCUT2D eigenvalue weighted by Crippen LogP contribution is -2.54. The molecule has 0 unspecified atom stereocenters. The Morgan fingerprint density at radius 2 is 1.86 bits per heavy atom. The fraction of sp³-hybridized carbons (Fsp3) is 0.304. The first-order valence-electron chi connectivity index (χ1n) is 11.0. The first kappa shape index (κ1) is 22.6. The molecule has 0 spiro atoms. The summed E-state index contributed by atoms with van der Waals surface area (Å²) in [6, 6.07) is 1.34. The average Bonchev–Trinajstić information content (AvgIpc) is 3.40. The highest BCUT2D eigenvalue weighted by molar-refractivity contribution is 6.09. The number of anilines is 2. The Morgan fingerprint density at radius 3 is 2.57 bits per heavy atom. The van der Waals surface area contributed by atoms with Crippen LogP contribution >= 0.6 is 0 Å². The van der Waals surface area contributed by atoms with E-state index in [2.05, 4.69) is 44.6 Å². The molecule has 35 heavy (non-hydrogen) atoms. The predicted molar refractivity (Wildman–Crippen MR) is 126 cm³/mol. The van der Waals surface area contributed by atoms with Crippen LogP contribution in [0.15, 0.2) is 43.2 Å². The Bertz CT molecular complexity index is 1430. The predicted octanol–water partition coefficient (Wildman–Crippen LogP) is 2.20. The van der Waals surface area contributed by atoms with Crippen molar-refractivity contribution in [2.45, 2.75) is 13.8 Å². The Hall–Kier alpha value is -4.19. The molecule has 1 aliphatic heterocycles. The summed E-state index contributed by atoms with van der Waals surface area (Å²) in [6.07, 6.45) is 9.29. The van der Waals surface area contributed by atoms with E-state index in [9.17, 15) is 14.0 Å². The second-order valence-corrected chi connectivity index (χ2v) is 9.44. The van der Waals surface area contributed by atoms with Crippen LogP contribution in [0.3, 0.4) is 0 Å². The molecule has 4 aromatic rings. The summed E-state index contributed by atoms with van der Waals surface area (Å²) < 4.78 is 17.5. The first-order valence-corrected chi connectivity index (χ1v) is 11.0. The van der Waals surface area contributed by atoms with Crippen molar-refractivity contribution in [3.63, 3.8) is 0 Å². The number of halogens is 1. The number of rotatable bonds is 6. The van der Waals surface area contributed by atoms with Crippen LogP contribution in [-0.4, -0.2) is 65.7 Å². The molecule has 12 heteroatoms. The molecule has 1 saturated heterocycles. The van der Waals surface area contributed by atoms with E-state index in [1.54, 1.807) is 24.1 Å². The minimum absolute atomic E-state index is 0.155. The number of hydrogen-bond acceptors (Lipinski definition) is 7. The van der Waals surface area contributed by atoms with Crippen LogP contribution < -0.4 is 10.6 Å². The van der Waals surface area contributed by atoms with Gasteiger partial charge >= 0.3 is 0 Å². The number of pyridine rings is 1. The van der Waals surface area contributed by atoms with E-state index >= 15 is 0 Å². The van der Waals surface area contributed by atoms with Gasteiger partial charge < -0.3 is 10.6 Å². The third-order valence-corrected chi connectivity index (χ3v) is 5.69. The molecule has 1 fully saturated rings.